The van der Waals surface area contributed by atoms with E-state index in [1.807, 2.05) is 6.07 Å². The molecule has 30 heavy (non-hydrogen) atoms. The fourth-order valence-corrected chi connectivity index (χ4v) is 3.63. The van der Waals surface area contributed by atoms with Crippen LogP contribution >= 0.6 is 0 Å². The Labute approximate surface area is 167 Å². The van der Waals surface area contributed by atoms with Gasteiger partial charge in [-0.1, -0.05) is 29.5 Å². The number of aromatic nitrogens is 1. The Morgan fingerprint density at radius 3 is 2.43 bits per heavy atom. The van der Waals surface area contributed by atoms with Gasteiger partial charge in [-0.3, -0.25) is 5.41 Å². The largest absolute Gasteiger partial charge is 0.416 e. The van der Waals surface area contributed by atoms with Crippen molar-refractivity contribution >= 4 is 27.6 Å². The normalized spacial score (nSPS) is 12.3. The topological polar surface area (TPSA) is 79.5 Å². The number of nitrogens with one attached hydrogen (secondary N) is 1. The number of nitrogens with two attached hydrogens (primary N) is 1. The summed E-state index contributed by atoms with van der Waals surface area (Å²) >= 11 is 0. The number of para-hydroxylation sites is 1. The third kappa shape index (κ3) is 3.28. The van der Waals surface area contributed by atoms with Gasteiger partial charge in [-0.2, -0.15) is 13.2 Å². The fraction of sp³-hybridized carbons (Fsp3) is 0.0952. The van der Waals surface area contributed by atoms with Gasteiger partial charge in [0.2, 0.25) is 0 Å². The van der Waals surface area contributed by atoms with Gasteiger partial charge in [0.05, 0.1) is 12.1 Å². The highest BCUT2D eigenvalue weighted by atomic mass is 19.4. The summed E-state index contributed by atoms with van der Waals surface area (Å²) in [7, 11) is 0. The lowest BCUT2D eigenvalue weighted by atomic mass is 10.1. The van der Waals surface area contributed by atoms with Crippen molar-refractivity contribution in [3.63, 3.8) is 0 Å². The molecule has 0 fully saturated rings. The maximum absolute atomic E-state index is 14.5. The molecule has 3 aromatic carbocycles. The molecule has 5 nitrogen and oxygen atoms in total. The van der Waals surface area contributed by atoms with Gasteiger partial charge >= 0.3 is 6.18 Å². The standard InChI is InChI=1S/C21H15F4N5/c22-17-6-3-5-16(21(23,24)25)15(17)11-30-18-7-2-1-4-13(18)14-10-12(8-9-19(14)30)20(26)28-29-27/h1-10H,11H2,(H3,26,27,28). The Balaban J connectivity index is 1.95. The highest BCUT2D eigenvalue weighted by Crippen LogP contribution is 2.36. The summed E-state index contributed by atoms with van der Waals surface area (Å²) in [6.07, 6.45) is -4.67. The molecule has 0 unspecified atom stereocenters. The smallest absolute Gasteiger partial charge is 0.336 e. The van der Waals surface area contributed by atoms with Gasteiger partial charge in [0.15, 0.2) is 5.84 Å². The lowest BCUT2D eigenvalue weighted by Crippen LogP contribution is -2.13. The second-order valence-corrected chi connectivity index (χ2v) is 6.66. The third-order valence-electron chi connectivity index (χ3n) is 4.94. The highest BCUT2D eigenvalue weighted by Gasteiger charge is 2.34. The monoisotopic (exact) mass is 413 g/mol. The van der Waals surface area contributed by atoms with Crippen molar-refractivity contribution in [1.82, 2.24) is 4.57 Å². The molecule has 152 valence electrons. The summed E-state index contributed by atoms with van der Waals surface area (Å²) in [5, 5.41) is 16.0. The van der Waals surface area contributed by atoms with Crippen LogP contribution in [0.25, 0.3) is 21.8 Å². The molecule has 0 radical (unpaired) electrons. The van der Waals surface area contributed by atoms with Crippen LogP contribution in [0.15, 0.2) is 71.0 Å². The summed E-state index contributed by atoms with van der Waals surface area (Å²) in [5.74, 6) is 3.94. The number of halogens is 4. The Bertz CT molecular complexity index is 1300. The maximum Gasteiger partial charge on any atom is 0.416 e. The van der Waals surface area contributed by atoms with E-state index in [-0.39, 0.29) is 12.4 Å². The van der Waals surface area contributed by atoms with Crippen molar-refractivity contribution in [2.45, 2.75) is 12.7 Å². The van der Waals surface area contributed by atoms with Crippen LogP contribution in [-0.4, -0.2) is 10.4 Å². The second kappa shape index (κ2) is 7.25. The van der Waals surface area contributed by atoms with Crippen LogP contribution in [-0.2, 0) is 12.7 Å². The van der Waals surface area contributed by atoms with E-state index in [1.54, 1.807) is 41.0 Å². The minimum absolute atomic E-state index is 0.148. The molecule has 4 aromatic rings. The Morgan fingerprint density at radius 2 is 1.70 bits per heavy atom. The maximum atomic E-state index is 14.5. The van der Waals surface area contributed by atoms with Gasteiger partial charge in [0, 0.05) is 32.9 Å². The van der Waals surface area contributed by atoms with Crippen LogP contribution in [0.4, 0.5) is 17.6 Å². The summed E-state index contributed by atoms with van der Waals surface area (Å²) in [6, 6.07) is 15.0. The zero-order chi connectivity index (χ0) is 21.5. The first-order valence-electron chi connectivity index (χ1n) is 8.86. The van der Waals surface area contributed by atoms with Gasteiger partial charge in [-0.05, 0) is 36.4 Å². The van der Waals surface area contributed by atoms with Crippen LogP contribution < -0.4 is 5.84 Å². The molecule has 3 N–H and O–H groups in total. The average molecular weight is 413 g/mol. The minimum Gasteiger partial charge on any atom is -0.336 e. The van der Waals surface area contributed by atoms with Crippen LogP contribution in [0.2, 0.25) is 0 Å². The van der Waals surface area contributed by atoms with E-state index in [2.05, 4.69) is 10.3 Å². The molecule has 0 aliphatic heterocycles. The molecule has 0 saturated carbocycles. The van der Waals surface area contributed by atoms with E-state index in [4.69, 9.17) is 11.3 Å². The van der Waals surface area contributed by atoms with Gasteiger partial charge in [0.25, 0.3) is 0 Å². The van der Waals surface area contributed by atoms with Gasteiger partial charge in [-0.15, -0.1) is 5.11 Å². The molecule has 1 aromatic heterocycles. The molecule has 0 saturated heterocycles. The molecule has 9 heteroatoms. The van der Waals surface area contributed by atoms with Crippen LogP contribution in [0.5, 0.6) is 0 Å². The molecule has 0 amide bonds. The number of fused-ring (bicyclic) bond motifs is 3. The number of hydrogen-bond donors (Lipinski definition) is 2. The first kappa shape index (κ1) is 19.6. The molecule has 1 heterocycles. The number of nitrogens with zero attached hydrogens (tertiary/aromatic N) is 3. The number of rotatable bonds is 3. The first-order chi connectivity index (χ1) is 14.3. The SMILES string of the molecule is N=C(N=NN)c1ccc2c(c1)c1ccccc1n2Cc1c(F)cccc1C(F)(F)F. The third-order valence-corrected chi connectivity index (χ3v) is 4.94. The lowest BCUT2D eigenvalue weighted by molar-refractivity contribution is -0.138. The minimum atomic E-state index is -4.67. The summed E-state index contributed by atoms with van der Waals surface area (Å²) < 4.78 is 56.5. The molecule has 0 bridgehead atoms. The Kier molecular flexibility index (Phi) is 4.73. The van der Waals surface area contributed by atoms with Crippen molar-refractivity contribution in [2.24, 2.45) is 16.2 Å². The van der Waals surface area contributed by atoms with Crippen LogP contribution in [0.3, 0.4) is 0 Å². The molecule has 0 aliphatic rings. The zero-order valence-corrected chi connectivity index (χ0v) is 15.4. The van der Waals surface area contributed by atoms with E-state index in [9.17, 15) is 17.6 Å². The Hall–Kier alpha value is -3.75. The Morgan fingerprint density at radius 1 is 0.967 bits per heavy atom. The molecule has 0 atom stereocenters. The number of alkyl halides is 3. The summed E-state index contributed by atoms with van der Waals surface area (Å²) in [5.41, 5.74) is 0.264. The lowest BCUT2D eigenvalue weighted by Gasteiger charge is -2.15. The van der Waals surface area contributed by atoms with E-state index in [0.29, 0.717) is 22.0 Å². The predicted molar refractivity (Wildman–Crippen MR) is 106 cm³/mol. The molecule has 4 rings (SSSR count). The van der Waals surface area contributed by atoms with Crippen molar-refractivity contribution in [2.75, 3.05) is 0 Å². The van der Waals surface area contributed by atoms with E-state index >= 15 is 0 Å². The van der Waals surface area contributed by atoms with Crippen molar-refractivity contribution in [3.05, 3.63) is 83.2 Å². The van der Waals surface area contributed by atoms with Crippen LogP contribution in [0.1, 0.15) is 16.7 Å². The summed E-state index contributed by atoms with van der Waals surface area (Å²) in [6.45, 7) is -0.301. The first-order valence-corrected chi connectivity index (χ1v) is 8.86. The van der Waals surface area contributed by atoms with Crippen molar-refractivity contribution in [3.8, 4) is 0 Å². The number of benzene rings is 3. The van der Waals surface area contributed by atoms with Gasteiger partial charge in [-0.25, -0.2) is 4.39 Å². The van der Waals surface area contributed by atoms with Crippen LogP contribution in [0, 0.1) is 11.2 Å². The van der Waals surface area contributed by atoms with E-state index in [0.717, 1.165) is 23.6 Å². The average Bonchev–Trinajstić information content (AvgIpc) is 3.02. The molecule has 0 aliphatic carbocycles. The molecule has 0 spiro atoms. The molecular formula is C21H15F4N5. The number of amidine groups is 1. The zero-order valence-electron chi connectivity index (χ0n) is 15.4. The quantitative estimate of drug-likeness (QED) is 0.112. The van der Waals surface area contributed by atoms with E-state index in [1.165, 1.54) is 0 Å². The van der Waals surface area contributed by atoms with Crippen molar-refractivity contribution < 1.29 is 17.6 Å². The second-order valence-electron chi connectivity index (χ2n) is 6.66. The number of hydrogen-bond acceptors (Lipinski definition) is 2. The fourth-order valence-electron chi connectivity index (χ4n) is 3.63. The van der Waals surface area contributed by atoms with Gasteiger partial charge < -0.3 is 10.4 Å². The summed E-state index contributed by atoms with van der Waals surface area (Å²) in [4.78, 5) is 0. The predicted octanol–water partition coefficient (Wildman–Crippen LogP) is 5.65. The van der Waals surface area contributed by atoms with Gasteiger partial charge in [0.1, 0.15) is 5.82 Å². The van der Waals surface area contributed by atoms with Crippen molar-refractivity contribution in [1.29, 1.82) is 5.41 Å². The van der Waals surface area contributed by atoms with E-state index < -0.39 is 23.1 Å². The molecular weight excluding hydrogens is 398 g/mol. The highest BCUT2D eigenvalue weighted by molar-refractivity contribution is 6.11.